The lowest BCUT2D eigenvalue weighted by Crippen LogP contribution is -2.39. The first-order valence-electron chi connectivity index (χ1n) is 10.1. The lowest BCUT2D eigenvalue weighted by atomic mass is 9.96. The molecule has 2 heterocycles. The van der Waals surface area contributed by atoms with Crippen molar-refractivity contribution in [3.8, 4) is 5.75 Å². The highest BCUT2D eigenvalue weighted by Gasteiger charge is 2.33. The largest absolute Gasteiger partial charge is 0.496 e. The van der Waals surface area contributed by atoms with Crippen molar-refractivity contribution < 1.29 is 18.7 Å². The van der Waals surface area contributed by atoms with Crippen LogP contribution < -0.4 is 19.6 Å². The van der Waals surface area contributed by atoms with E-state index < -0.39 is 17.8 Å². The van der Waals surface area contributed by atoms with Crippen LogP contribution in [-0.2, 0) is 9.53 Å². The van der Waals surface area contributed by atoms with Crippen molar-refractivity contribution in [2.24, 2.45) is 4.99 Å². The van der Waals surface area contributed by atoms with Crippen LogP contribution in [0.4, 0.5) is 4.39 Å². The maximum atomic E-state index is 13.6. The number of aromatic nitrogens is 1. The molecule has 4 rings (SSSR count). The Morgan fingerprint density at radius 2 is 2.00 bits per heavy atom. The molecule has 9 heteroatoms. The second-order valence-corrected chi connectivity index (χ2v) is 8.69. The Morgan fingerprint density at radius 1 is 1.27 bits per heavy atom. The number of esters is 1. The Morgan fingerprint density at radius 3 is 2.67 bits per heavy atom. The van der Waals surface area contributed by atoms with E-state index in [2.05, 4.69) is 4.99 Å². The average molecular weight is 487 g/mol. The summed E-state index contributed by atoms with van der Waals surface area (Å²) in [6.07, 6.45) is 1.68. The monoisotopic (exact) mass is 486 g/mol. The number of hydrogen-bond donors (Lipinski definition) is 0. The van der Waals surface area contributed by atoms with Gasteiger partial charge in [0.2, 0.25) is 0 Å². The van der Waals surface area contributed by atoms with Crippen molar-refractivity contribution in [1.82, 2.24) is 4.57 Å². The molecule has 170 valence electrons. The Labute approximate surface area is 197 Å². The van der Waals surface area contributed by atoms with E-state index in [9.17, 15) is 14.0 Å². The topological polar surface area (TPSA) is 69.9 Å². The van der Waals surface area contributed by atoms with Crippen LogP contribution in [0.15, 0.2) is 63.5 Å². The Hall–Kier alpha value is -3.23. The lowest BCUT2D eigenvalue weighted by Gasteiger charge is -2.24. The minimum absolute atomic E-state index is 0.171. The molecule has 0 saturated heterocycles. The molecule has 1 aromatic heterocycles. The number of allylic oxidation sites excluding steroid dienone is 1. The van der Waals surface area contributed by atoms with Crippen LogP contribution in [0.2, 0.25) is 5.02 Å². The molecule has 0 spiro atoms. The van der Waals surface area contributed by atoms with E-state index in [1.807, 2.05) is 0 Å². The first kappa shape index (κ1) is 22.9. The van der Waals surface area contributed by atoms with Gasteiger partial charge in [0.15, 0.2) is 4.80 Å². The highest BCUT2D eigenvalue weighted by molar-refractivity contribution is 7.07. The fraction of sp³-hybridized carbons (Fsp3) is 0.208. The molecule has 0 N–H and O–H groups in total. The predicted molar refractivity (Wildman–Crippen MR) is 125 cm³/mol. The summed E-state index contributed by atoms with van der Waals surface area (Å²) in [6, 6.07) is 10.00. The summed E-state index contributed by atoms with van der Waals surface area (Å²) >= 11 is 7.32. The molecule has 0 saturated carbocycles. The fourth-order valence-electron chi connectivity index (χ4n) is 3.71. The maximum Gasteiger partial charge on any atom is 0.338 e. The van der Waals surface area contributed by atoms with Crippen LogP contribution >= 0.6 is 22.9 Å². The highest BCUT2D eigenvalue weighted by atomic mass is 35.5. The Bertz CT molecular complexity index is 1440. The van der Waals surface area contributed by atoms with Crippen molar-refractivity contribution in [3.63, 3.8) is 0 Å². The van der Waals surface area contributed by atoms with Gasteiger partial charge in [-0.05, 0) is 55.8 Å². The second-order valence-electron chi connectivity index (χ2n) is 7.24. The van der Waals surface area contributed by atoms with Gasteiger partial charge in [0, 0.05) is 10.6 Å². The lowest BCUT2D eigenvalue weighted by molar-refractivity contribution is -0.139. The standard InChI is InChI=1S/C24H20ClFN2O4S/c1-4-32-23(30)20-13(2)27-24-28(21(20)14-5-8-17(26)9-6-14)22(29)19(33-24)12-15-11-16(25)7-10-18(15)31-3/h5-12,21H,4H2,1-3H3. The van der Waals surface area contributed by atoms with Gasteiger partial charge in [-0.15, -0.1) is 0 Å². The zero-order valence-electron chi connectivity index (χ0n) is 18.1. The van der Waals surface area contributed by atoms with E-state index in [-0.39, 0.29) is 17.7 Å². The molecule has 0 bridgehead atoms. The Balaban J connectivity index is 1.97. The molecule has 0 aliphatic carbocycles. The quantitative estimate of drug-likeness (QED) is 0.517. The molecule has 0 amide bonds. The molecule has 33 heavy (non-hydrogen) atoms. The zero-order valence-corrected chi connectivity index (χ0v) is 19.7. The first-order chi connectivity index (χ1) is 15.8. The third-order valence-electron chi connectivity index (χ3n) is 5.18. The van der Waals surface area contributed by atoms with Gasteiger partial charge in [0.05, 0.1) is 35.6 Å². The summed E-state index contributed by atoms with van der Waals surface area (Å²) in [5.74, 6) is -0.430. The van der Waals surface area contributed by atoms with Crippen LogP contribution in [-0.4, -0.2) is 24.3 Å². The number of carbonyl (C=O) groups is 1. The molecule has 1 aliphatic rings. The smallest absolute Gasteiger partial charge is 0.338 e. The average Bonchev–Trinajstić information content (AvgIpc) is 3.08. The number of methoxy groups -OCH3 is 1. The van der Waals surface area contributed by atoms with E-state index in [4.69, 9.17) is 21.1 Å². The summed E-state index contributed by atoms with van der Waals surface area (Å²) < 4.78 is 26.1. The number of ether oxygens (including phenoxy) is 2. The van der Waals surface area contributed by atoms with E-state index >= 15 is 0 Å². The SMILES string of the molecule is CCOC(=O)C1=C(C)N=c2sc(=Cc3cc(Cl)ccc3OC)c(=O)n2C1c1ccc(F)cc1. The first-order valence-corrected chi connectivity index (χ1v) is 11.3. The molecule has 1 atom stereocenters. The summed E-state index contributed by atoms with van der Waals surface area (Å²) in [5.41, 5.74) is 1.54. The molecular weight excluding hydrogens is 467 g/mol. The molecule has 0 radical (unpaired) electrons. The second kappa shape index (κ2) is 9.33. The van der Waals surface area contributed by atoms with Gasteiger partial charge in [-0.1, -0.05) is 35.1 Å². The number of rotatable bonds is 5. The summed E-state index contributed by atoms with van der Waals surface area (Å²) in [5, 5.41) is 0.499. The van der Waals surface area contributed by atoms with Gasteiger partial charge >= 0.3 is 5.97 Å². The van der Waals surface area contributed by atoms with Crippen LogP contribution in [0, 0.1) is 5.82 Å². The molecule has 6 nitrogen and oxygen atoms in total. The van der Waals surface area contributed by atoms with Gasteiger partial charge < -0.3 is 9.47 Å². The third kappa shape index (κ3) is 4.36. The minimum atomic E-state index is -0.802. The van der Waals surface area contributed by atoms with Crippen molar-refractivity contribution in [3.05, 3.63) is 95.4 Å². The van der Waals surface area contributed by atoms with Gasteiger partial charge in [-0.25, -0.2) is 14.2 Å². The normalized spacial score (nSPS) is 15.8. The van der Waals surface area contributed by atoms with Gasteiger partial charge in [0.25, 0.3) is 5.56 Å². The van der Waals surface area contributed by atoms with Gasteiger partial charge in [-0.3, -0.25) is 9.36 Å². The molecule has 2 aromatic carbocycles. The van der Waals surface area contributed by atoms with E-state index in [0.29, 0.717) is 36.9 Å². The number of thiazole rings is 1. The molecule has 1 unspecified atom stereocenters. The van der Waals surface area contributed by atoms with Crippen molar-refractivity contribution >= 4 is 35.0 Å². The van der Waals surface area contributed by atoms with Gasteiger partial charge in [0.1, 0.15) is 11.6 Å². The highest BCUT2D eigenvalue weighted by Crippen LogP contribution is 2.31. The van der Waals surface area contributed by atoms with E-state index in [0.717, 1.165) is 0 Å². The van der Waals surface area contributed by atoms with Gasteiger partial charge in [-0.2, -0.15) is 0 Å². The van der Waals surface area contributed by atoms with E-state index in [1.54, 1.807) is 50.3 Å². The molecule has 3 aromatic rings. The van der Waals surface area contributed by atoms with Crippen LogP contribution in [0.25, 0.3) is 6.08 Å². The van der Waals surface area contributed by atoms with Crippen molar-refractivity contribution in [2.45, 2.75) is 19.9 Å². The fourth-order valence-corrected chi connectivity index (χ4v) is 4.93. The number of hydrogen-bond acceptors (Lipinski definition) is 6. The molecule has 1 aliphatic heterocycles. The summed E-state index contributed by atoms with van der Waals surface area (Å²) in [6.45, 7) is 3.57. The summed E-state index contributed by atoms with van der Waals surface area (Å²) in [4.78, 5) is 31.3. The third-order valence-corrected chi connectivity index (χ3v) is 6.40. The van der Waals surface area contributed by atoms with Crippen molar-refractivity contribution in [1.29, 1.82) is 0 Å². The van der Waals surface area contributed by atoms with Crippen LogP contribution in [0.1, 0.15) is 31.0 Å². The number of nitrogens with zero attached hydrogens (tertiary/aromatic N) is 2. The van der Waals surface area contributed by atoms with Crippen LogP contribution in [0.3, 0.4) is 0 Å². The molecular formula is C24H20ClFN2O4S. The number of benzene rings is 2. The number of fused-ring (bicyclic) bond motifs is 1. The zero-order chi connectivity index (χ0) is 23.7. The number of carbonyl (C=O) groups excluding carboxylic acids is 1. The Kier molecular flexibility index (Phi) is 6.49. The minimum Gasteiger partial charge on any atom is -0.496 e. The number of halogens is 2. The maximum absolute atomic E-state index is 13.6. The van der Waals surface area contributed by atoms with Crippen molar-refractivity contribution in [2.75, 3.05) is 13.7 Å². The van der Waals surface area contributed by atoms with Crippen LogP contribution in [0.5, 0.6) is 5.75 Å². The predicted octanol–water partition coefficient (Wildman–Crippen LogP) is 3.60. The molecule has 0 fully saturated rings. The summed E-state index contributed by atoms with van der Waals surface area (Å²) in [7, 11) is 1.53. The van der Waals surface area contributed by atoms with E-state index in [1.165, 1.54) is 35.1 Å².